The molecule has 0 fully saturated rings. The van der Waals surface area contributed by atoms with E-state index in [0.717, 1.165) is 5.56 Å². The molecule has 0 unspecified atom stereocenters. The third-order valence-electron chi connectivity index (χ3n) is 3.08. The van der Waals surface area contributed by atoms with Gasteiger partial charge >= 0.3 is 0 Å². The normalized spacial score (nSPS) is 9.95. The second-order valence-corrected chi connectivity index (χ2v) is 4.69. The lowest BCUT2D eigenvalue weighted by atomic mass is 10.1. The summed E-state index contributed by atoms with van der Waals surface area (Å²) in [6.07, 6.45) is 0.653. The number of hydrogen-bond acceptors (Lipinski definition) is 4. The number of nitriles is 1. The largest absolute Gasteiger partial charge is 0.348 e. The Bertz CT molecular complexity index is 704. The zero-order valence-electron chi connectivity index (χ0n) is 12.1. The fourth-order valence-electron chi connectivity index (χ4n) is 2.00. The first-order valence-electron chi connectivity index (χ1n) is 6.74. The van der Waals surface area contributed by atoms with Gasteiger partial charge in [0.1, 0.15) is 0 Å². The molecular formula is C16H16N4O. The number of carbonyl (C=O) groups is 1. The summed E-state index contributed by atoms with van der Waals surface area (Å²) >= 11 is 0. The van der Waals surface area contributed by atoms with Gasteiger partial charge in [-0.25, -0.2) is 0 Å². The highest BCUT2D eigenvalue weighted by atomic mass is 16.1. The smallest absolute Gasteiger partial charge is 0.253 e. The number of nitrogens with zero attached hydrogens (tertiary/aromatic N) is 3. The van der Waals surface area contributed by atoms with E-state index in [1.165, 1.54) is 0 Å². The van der Waals surface area contributed by atoms with Crippen LogP contribution in [-0.4, -0.2) is 16.1 Å². The van der Waals surface area contributed by atoms with Crippen LogP contribution in [0.2, 0.25) is 0 Å². The molecule has 2 rings (SSSR count). The first-order chi connectivity index (χ1) is 10.1. The minimum Gasteiger partial charge on any atom is -0.348 e. The van der Waals surface area contributed by atoms with Gasteiger partial charge in [0.2, 0.25) is 0 Å². The molecule has 1 aromatic heterocycles. The van der Waals surface area contributed by atoms with Crippen molar-refractivity contribution in [3.05, 3.63) is 58.4 Å². The van der Waals surface area contributed by atoms with Crippen LogP contribution in [0.3, 0.4) is 0 Å². The topological polar surface area (TPSA) is 78.7 Å². The Balaban J connectivity index is 2.11. The molecule has 0 bridgehead atoms. The van der Waals surface area contributed by atoms with Crippen LogP contribution in [0.25, 0.3) is 0 Å². The van der Waals surface area contributed by atoms with Crippen LogP contribution < -0.4 is 5.32 Å². The van der Waals surface area contributed by atoms with Crippen LogP contribution in [0.15, 0.2) is 30.3 Å². The van der Waals surface area contributed by atoms with Crippen molar-refractivity contribution in [2.24, 2.45) is 0 Å². The Kier molecular flexibility index (Phi) is 4.62. The molecule has 1 N–H and O–H groups in total. The van der Waals surface area contributed by atoms with Crippen LogP contribution in [0.1, 0.15) is 39.8 Å². The quantitative estimate of drug-likeness (QED) is 0.930. The maximum absolute atomic E-state index is 12.3. The molecule has 5 nitrogen and oxygen atoms in total. The predicted octanol–water partition coefficient (Wildman–Crippen LogP) is 2.15. The lowest BCUT2D eigenvalue weighted by Gasteiger charge is -2.09. The fraction of sp³-hybridized carbons (Fsp3) is 0.250. The van der Waals surface area contributed by atoms with E-state index in [2.05, 4.69) is 21.6 Å². The summed E-state index contributed by atoms with van der Waals surface area (Å²) in [7, 11) is 0. The first kappa shape index (κ1) is 14.7. The van der Waals surface area contributed by atoms with Gasteiger partial charge in [-0.2, -0.15) is 15.5 Å². The Labute approximate surface area is 123 Å². The number of benzene rings is 1. The molecule has 1 aromatic carbocycles. The summed E-state index contributed by atoms with van der Waals surface area (Å²) in [6, 6.07) is 11.0. The standard InChI is InChI=1S/C16H16N4O/c1-3-15-14(7-11(2)19-20-15)16(21)18-10-13-6-4-5-12(8-13)9-17/h4-8H,3,10H2,1-2H3,(H,18,21). The van der Waals surface area contributed by atoms with E-state index >= 15 is 0 Å². The van der Waals surface area contributed by atoms with Gasteiger partial charge in [-0.1, -0.05) is 19.1 Å². The molecule has 0 aliphatic carbocycles. The molecule has 0 aliphatic rings. The van der Waals surface area contributed by atoms with Gasteiger partial charge in [-0.3, -0.25) is 4.79 Å². The predicted molar refractivity (Wildman–Crippen MR) is 78.5 cm³/mol. The van der Waals surface area contributed by atoms with Gasteiger partial charge in [0.05, 0.1) is 28.6 Å². The number of aromatic nitrogens is 2. The van der Waals surface area contributed by atoms with Crippen LogP contribution in [0, 0.1) is 18.3 Å². The highest BCUT2D eigenvalue weighted by molar-refractivity contribution is 5.95. The van der Waals surface area contributed by atoms with Gasteiger partial charge in [-0.05, 0) is 37.1 Å². The maximum Gasteiger partial charge on any atom is 0.253 e. The molecule has 1 amide bonds. The molecule has 0 radical (unpaired) electrons. The Morgan fingerprint density at radius 2 is 2.14 bits per heavy atom. The molecule has 2 aromatic rings. The molecule has 1 heterocycles. The lowest BCUT2D eigenvalue weighted by molar-refractivity contribution is 0.0949. The third kappa shape index (κ3) is 3.63. The number of carbonyl (C=O) groups excluding carboxylic acids is 1. The molecule has 106 valence electrons. The van der Waals surface area contributed by atoms with Gasteiger partial charge in [-0.15, -0.1) is 0 Å². The van der Waals surface area contributed by atoms with Crippen LogP contribution >= 0.6 is 0 Å². The average molecular weight is 280 g/mol. The summed E-state index contributed by atoms with van der Waals surface area (Å²) in [5, 5.41) is 19.7. The van der Waals surface area contributed by atoms with Crippen LogP contribution in [0.4, 0.5) is 0 Å². The maximum atomic E-state index is 12.3. The summed E-state index contributed by atoms with van der Waals surface area (Å²) in [6.45, 7) is 4.12. The van der Waals surface area contributed by atoms with E-state index in [9.17, 15) is 4.79 Å². The highest BCUT2D eigenvalue weighted by Gasteiger charge is 2.12. The van der Waals surface area contributed by atoms with Crippen LogP contribution in [-0.2, 0) is 13.0 Å². The second-order valence-electron chi connectivity index (χ2n) is 4.69. The molecule has 0 saturated heterocycles. The Hall–Kier alpha value is -2.74. The van der Waals surface area contributed by atoms with Crippen molar-refractivity contribution in [2.75, 3.05) is 0 Å². The Morgan fingerprint density at radius 3 is 2.86 bits per heavy atom. The van der Waals surface area contributed by atoms with E-state index in [4.69, 9.17) is 5.26 Å². The highest BCUT2D eigenvalue weighted by Crippen LogP contribution is 2.09. The lowest BCUT2D eigenvalue weighted by Crippen LogP contribution is -2.24. The minimum atomic E-state index is -0.174. The van der Waals surface area contributed by atoms with Gasteiger partial charge in [0.25, 0.3) is 5.91 Å². The SMILES string of the molecule is CCc1nnc(C)cc1C(=O)NCc1cccc(C#N)c1. The Morgan fingerprint density at radius 1 is 1.33 bits per heavy atom. The molecule has 0 spiro atoms. The fourth-order valence-corrected chi connectivity index (χ4v) is 2.00. The zero-order chi connectivity index (χ0) is 15.2. The van der Waals surface area contributed by atoms with Gasteiger partial charge in [0.15, 0.2) is 0 Å². The zero-order valence-corrected chi connectivity index (χ0v) is 12.1. The van der Waals surface area contributed by atoms with Crippen molar-refractivity contribution in [2.45, 2.75) is 26.8 Å². The summed E-state index contributed by atoms with van der Waals surface area (Å²) in [5.74, 6) is -0.174. The number of aryl methyl sites for hydroxylation is 2. The number of rotatable bonds is 4. The van der Waals surface area contributed by atoms with Crippen molar-refractivity contribution >= 4 is 5.91 Å². The van der Waals surface area contributed by atoms with E-state index < -0.39 is 0 Å². The van der Waals surface area contributed by atoms with Crippen molar-refractivity contribution in [1.29, 1.82) is 5.26 Å². The molecule has 5 heteroatoms. The van der Waals surface area contributed by atoms with Crippen molar-refractivity contribution in [3.8, 4) is 6.07 Å². The number of hydrogen-bond donors (Lipinski definition) is 1. The number of amides is 1. The van der Waals surface area contributed by atoms with E-state index in [0.29, 0.717) is 35.5 Å². The summed E-state index contributed by atoms with van der Waals surface area (Å²) < 4.78 is 0. The minimum absolute atomic E-state index is 0.174. The first-order valence-corrected chi connectivity index (χ1v) is 6.74. The molecule has 0 atom stereocenters. The molecule has 21 heavy (non-hydrogen) atoms. The second kappa shape index (κ2) is 6.62. The molecular weight excluding hydrogens is 264 g/mol. The third-order valence-corrected chi connectivity index (χ3v) is 3.08. The monoisotopic (exact) mass is 280 g/mol. The van der Waals surface area contributed by atoms with E-state index in [1.54, 1.807) is 31.2 Å². The van der Waals surface area contributed by atoms with Crippen molar-refractivity contribution in [1.82, 2.24) is 15.5 Å². The summed E-state index contributed by atoms with van der Waals surface area (Å²) in [4.78, 5) is 12.3. The number of nitrogens with one attached hydrogen (secondary N) is 1. The molecule has 0 saturated carbocycles. The molecule has 0 aliphatic heterocycles. The summed E-state index contributed by atoms with van der Waals surface area (Å²) in [5.41, 5.74) is 3.42. The van der Waals surface area contributed by atoms with Gasteiger partial charge < -0.3 is 5.32 Å². The average Bonchev–Trinajstić information content (AvgIpc) is 2.52. The van der Waals surface area contributed by atoms with Crippen molar-refractivity contribution < 1.29 is 4.79 Å². The van der Waals surface area contributed by atoms with E-state index in [1.807, 2.05) is 13.0 Å². The van der Waals surface area contributed by atoms with Crippen molar-refractivity contribution in [3.63, 3.8) is 0 Å². The van der Waals surface area contributed by atoms with E-state index in [-0.39, 0.29) is 5.91 Å². The van der Waals surface area contributed by atoms with Crippen LogP contribution in [0.5, 0.6) is 0 Å². The van der Waals surface area contributed by atoms with Gasteiger partial charge in [0, 0.05) is 6.54 Å².